The predicted molar refractivity (Wildman–Crippen MR) is 294 cm³/mol. The summed E-state index contributed by atoms with van der Waals surface area (Å²) in [5.41, 5.74) is 15.5. The first kappa shape index (κ1) is 47.0. The number of aromatic hydroxyl groups is 1. The lowest BCUT2D eigenvalue weighted by Gasteiger charge is -2.31. The number of ether oxygens (including phenoxy) is 1. The number of allylic oxidation sites excluding steroid dienone is 6. The van der Waals surface area contributed by atoms with Crippen LogP contribution in [-0.4, -0.2) is 12.2 Å². The third kappa shape index (κ3) is 8.87. The van der Waals surface area contributed by atoms with Gasteiger partial charge in [0.1, 0.15) is 11.5 Å². The van der Waals surface area contributed by atoms with Gasteiger partial charge < -0.3 is 19.6 Å². The van der Waals surface area contributed by atoms with Gasteiger partial charge in [-0.1, -0.05) is 175 Å². The normalized spacial score (nSPS) is 12.6. The van der Waals surface area contributed by atoms with Gasteiger partial charge in [-0.15, -0.1) is 0 Å². The molecule has 0 aliphatic heterocycles. The molecule has 0 aliphatic rings. The van der Waals surface area contributed by atoms with Crippen molar-refractivity contribution in [1.82, 2.24) is 0 Å². The van der Waals surface area contributed by atoms with E-state index in [9.17, 15) is 5.11 Å². The molecule has 342 valence electrons. The number of rotatable bonds is 14. The number of para-hydroxylation sites is 4. The Morgan fingerprint density at radius 3 is 2.01 bits per heavy atom. The number of benzene rings is 8. The summed E-state index contributed by atoms with van der Waals surface area (Å²) in [7, 11) is 1.78. The molecular weight excluding hydrogens is 829 g/mol. The fourth-order valence-electron chi connectivity index (χ4n) is 9.93. The summed E-state index contributed by atoms with van der Waals surface area (Å²) in [6.45, 7) is 26.2. The Kier molecular flexibility index (Phi) is 13.6. The van der Waals surface area contributed by atoms with Crippen LogP contribution in [0.25, 0.3) is 49.5 Å². The zero-order chi connectivity index (χ0) is 48.3. The molecule has 0 spiro atoms. The Morgan fingerprint density at radius 1 is 0.706 bits per heavy atom. The van der Waals surface area contributed by atoms with Gasteiger partial charge >= 0.3 is 0 Å². The Labute approximate surface area is 404 Å². The molecule has 0 atom stereocenters. The molecule has 0 fully saturated rings. The number of hydrogen-bond donors (Lipinski definition) is 1. The van der Waals surface area contributed by atoms with Gasteiger partial charge in [-0.25, -0.2) is 0 Å². The second-order valence-electron chi connectivity index (χ2n) is 18.7. The van der Waals surface area contributed by atoms with Crippen LogP contribution in [0.4, 0.5) is 22.7 Å². The van der Waals surface area contributed by atoms with Crippen molar-refractivity contribution >= 4 is 61.1 Å². The molecule has 8 rings (SSSR count). The molecule has 0 bridgehead atoms. The van der Waals surface area contributed by atoms with Crippen molar-refractivity contribution < 1.29 is 9.84 Å². The van der Waals surface area contributed by atoms with Crippen molar-refractivity contribution in [2.45, 2.75) is 73.6 Å². The molecule has 1 N–H and O–H groups in total. The second kappa shape index (κ2) is 19.7. The lowest BCUT2D eigenvalue weighted by Crippen LogP contribution is -2.26. The van der Waals surface area contributed by atoms with Crippen molar-refractivity contribution in [1.29, 1.82) is 0 Å². The summed E-state index contributed by atoms with van der Waals surface area (Å²) < 4.78 is 6.18. The maximum absolute atomic E-state index is 11.5. The van der Waals surface area contributed by atoms with Crippen LogP contribution in [0.1, 0.15) is 82.7 Å². The summed E-state index contributed by atoms with van der Waals surface area (Å²) in [4.78, 5) is 4.78. The van der Waals surface area contributed by atoms with Crippen LogP contribution in [-0.2, 0) is 11.8 Å². The van der Waals surface area contributed by atoms with Gasteiger partial charge in [0.05, 0.1) is 12.8 Å². The number of phenols is 1. The first-order valence-corrected chi connectivity index (χ1v) is 23.8. The SMILES string of the molecule is C=C/C=C(\C=C(/C)N(/C(CC)=c1\ccc2c(C)cc(N(c3ccccc3)c3cccc(-c4cccc(C(C)(C)C)c4OC)c3)c3ccc(C(=C)C)c1c23)c1ccccc1)c1cccc(CC)c1O. The Bertz CT molecular complexity index is 3300. The minimum Gasteiger partial charge on any atom is -0.507 e. The highest BCUT2D eigenvalue weighted by Gasteiger charge is 2.25. The van der Waals surface area contributed by atoms with Crippen LogP contribution < -0.4 is 19.8 Å². The summed E-state index contributed by atoms with van der Waals surface area (Å²) in [6, 6.07) is 54.1. The van der Waals surface area contributed by atoms with E-state index in [0.29, 0.717) is 5.75 Å². The Morgan fingerprint density at radius 2 is 1.37 bits per heavy atom. The van der Waals surface area contributed by atoms with Gasteiger partial charge in [0.2, 0.25) is 0 Å². The smallest absolute Gasteiger partial charge is 0.130 e. The molecule has 0 heterocycles. The number of aryl methyl sites for hydroxylation is 2. The lowest BCUT2D eigenvalue weighted by atomic mass is 9.84. The molecule has 8 aromatic rings. The molecule has 0 amide bonds. The van der Waals surface area contributed by atoms with E-state index < -0.39 is 0 Å². The number of nitrogens with zero attached hydrogens (tertiary/aromatic N) is 2. The van der Waals surface area contributed by atoms with Crippen molar-refractivity contribution in [2.24, 2.45) is 0 Å². The molecule has 0 aliphatic carbocycles. The molecule has 0 saturated heterocycles. The predicted octanol–water partition coefficient (Wildman–Crippen LogP) is 17.0. The monoisotopic (exact) mass is 892 g/mol. The highest BCUT2D eigenvalue weighted by Crippen LogP contribution is 2.46. The summed E-state index contributed by atoms with van der Waals surface area (Å²) in [6.07, 6.45) is 7.41. The summed E-state index contributed by atoms with van der Waals surface area (Å²) in [5, 5.41) is 17.3. The fraction of sp³-hybridized carbons (Fsp3) is 0.188. The van der Waals surface area contributed by atoms with E-state index in [1.807, 2.05) is 24.3 Å². The van der Waals surface area contributed by atoms with Crippen LogP contribution in [0.15, 0.2) is 189 Å². The molecule has 4 nitrogen and oxygen atoms in total. The third-order valence-corrected chi connectivity index (χ3v) is 13.1. The first-order chi connectivity index (χ1) is 32.8. The van der Waals surface area contributed by atoms with Crippen LogP contribution in [0.5, 0.6) is 11.5 Å². The third-order valence-electron chi connectivity index (χ3n) is 13.1. The largest absolute Gasteiger partial charge is 0.507 e. The molecule has 0 radical (unpaired) electrons. The number of anilines is 4. The van der Waals surface area contributed by atoms with Crippen molar-refractivity contribution in [3.05, 3.63) is 222 Å². The summed E-state index contributed by atoms with van der Waals surface area (Å²) in [5.74, 6) is 1.20. The van der Waals surface area contributed by atoms with Gasteiger partial charge in [-0.3, -0.25) is 0 Å². The summed E-state index contributed by atoms with van der Waals surface area (Å²) >= 11 is 0. The molecule has 8 aromatic carbocycles. The van der Waals surface area contributed by atoms with Gasteiger partial charge in [0.15, 0.2) is 0 Å². The van der Waals surface area contributed by atoms with Crippen molar-refractivity contribution in [2.75, 3.05) is 16.9 Å². The molecule has 0 unspecified atom stereocenters. The maximum atomic E-state index is 11.5. The van der Waals surface area contributed by atoms with Gasteiger partial charge in [0.25, 0.3) is 0 Å². The van der Waals surface area contributed by atoms with Crippen LogP contribution >= 0.6 is 0 Å². The lowest BCUT2D eigenvalue weighted by molar-refractivity contribution is 0.399. The van der Waals surface area contributed by atoms with E-state index in [1.165, 1.54) is 27.3 Å². The van der Waals surface area contributed by atoms with E-state index in [0.717, 1.165) is 102 Å². The molecule has 0 saturated carbocycles. The van der Waals surface area contributed by atoms with Crippen molar-refractivity contribution in [3.63, 3.8) is 0 Å². The molecule has 4 heteroatoms. The maximum Gasteiger partial charge on any atom is 0.130 e. The molecule has 68 heavy (non-hydrogen) atoms. The van der Waals surface area contributed by atoms with E-state index in [4.69, 9.17) is 4.74 Å². The first-order valence-electron chi connectivity index (χ1n) is 23.8. The highest BCUT2D eigenvalue weighted by atomic mass is 16.5. The number of hydrogen-bond acceptors (Lipinski definition) is 4. The van der Waals surface area contributed by atoms with Gasteiger partial charge in [0, 0.05) is 55.8 Å². The van der Waals surface area contributed by atoms with Crippen LogP contribution in [0.3, 0.4) is 0 Å². The van der Waals surface area contributed by atoms with E-state index >= 15 is 0 Å². The van der Waals surface area contributed by atoms with E-state index in [1.54, 1.807) is 13.2 Å². The van der Waals surface area contributed by atoms with Crippen molar-refractivity contribution in [3.8, 4) is 22.6 Å². The fourth-order valence-corrected chi connectivity index (χ4v) is 9.93. The quantitative estimate of drug-likeness (QED) is 0.110. The van der Waals surface area contributed by atoms with E-state index in [2.05, 4.69) is 218 Å². The highest BCUT2D eigenvalue weighted by molar-refractivity contribution is 6.19. The average Bonchev–Trinajstić information content (AvgIpc) is 3.34. The van der Waals surface area contributed by atoms with E-state index in [-0.39, 0.29) is 5.41 Å². The Balaban J connectivity index is 1.43. The minimum absolute atomic E-state index is 0.0957. The zero-order valence-electron chi connectivity index (χ0n) is 41.2. The van der Waals surface area contributed by atoms with Crippen LogP contribution in [0, 0.1) is 6.92 Å². The molecular formula is C64H64N2O2. The van der Waals surface area contributed by atoms with Gasteiger partial charge in [-0.2, -0.15) is 0 Å². The van der Waals surface area contributed by atoms with Gasteiger partial charge in [-0.05, 0) is 132 Å². The number of phenolic OH excluding ortho intramolecular Hbond substituents is 1. The van der Waals surface area contributed by atoms with Crippen LogP contribution in [0.2, 0.25) is 0 Å². The average molecular weight is 893 g/mol. The second-order valence-corrected chi connectivity index (χ2v) is 18.7. The Hall–Kier alpha value is -7.56. The number of methoxy groups -OCH3 is 1. The molecule has 0 aromatic heterocycles. The zero-order valence-corrected chi connectivity index (χ0v) is 41.2. The topological polar surface area (TPSA) is 35.9 Å². The standard InChI is InChI=1S/C64H64N2O2/c1-12-24-46(53-32-22-25-45(13-2)62(53)67)40-44(7)65(48-27-17-15-18-28-48)58(14-3)55-38-36-52-43(6)39-59(56-37-35-51(42(4)5)60(55)61(52)56)66(49-29-19-16-20-30-49)50-31-21-26-47(41-50)54-33-23-34-57(63(54)68-11)64(8,9)10/h12,15-41,67H,1,4,13-14H2,2-3,5-11H3/b44-40+,46-24+,58-55+. The minimum atomic E-state index is -0.0957.